The normalized spacial score (nSPS) is 13.7. The summed E-state index contributed by atoms with van der Waals surface area (Å²) in [6.45, 7) is 3.84. The van der Waals surface area contributed by atoms with Gasteiger partial charge in [-0.15, -0.1) is 0 Å². The van der Waals surface area contributed by atoms with Gasteiger partial charge in [-0.25, -0.2) is 0 Å². The maximum atomic E-state index is 12.7. The molecule has 1 N–H and O–H groups in total. The fourth-order valence-electron chi connectivity index (χ4n) is 3.69. The Morgan fingerprint density at radius 3 is 2.89 bits per heavy atom. The van der Waals surface area contributed by atoms with Crippen molar-refractivity contribution >= 4 is 22.9 Å². The van der Waals surface area contributed by atoms with Crippen LogP contribution in [0.4, 0.5) is 0 Å². The smallest absolute Gasteiger partial charge is 0.246 e. The Morgan fingerprint density at radius 1 is 1.21 bits per heavy atom. The predicted molar refractivity (Wildman–Crippen MR) is 111 cm³/mol. The maximum absolute atomic E-state index is 12.7. The van der Waals surface area contributed by atoms with Gasteiger partial charge in [-0.1, -0.05) is 24.3 Å². The van der Waals surface area contributed by atoms with Crippen LogP contribution in [0.2, 0.25) is 0 Å². The summed E-state index contributed by atoms with van der Waals surface area (Å²) in [5, 5.41) is 1.20. The SMILES string of the molecule is CCOc1cc(/C=C/C(=O)N2CCc3[nH]c4ccccc4c3C2)ccc1OC. The summed E-state index contributed by atoms with van der Waals surface area (Å²) in [5.74, 6) is 1.39. The summed E-state index contributed by atoms with van der Waals surface area (Å²) in [5.41, 5.74) is 4.51. The Balaban J connectivity index is 1.50. The van der Waals surface area contributed by atoms with Crippen molar-refractivity contribution in [2.75, 3.05) is 20.3 Å². The highest BCUT2D eigenvalue weighted by atomic mass is 16.5. The van der Waals surface area contributed by atoms with E-state index in [9.17, 15) is 4.79 Å². The van der Waals surface area contributed by atoms with Gasteiger partial charge in [0.1, 0.15) is 0 Å². The molecule has 0 unspecified atom stereocenters. The molecule has 0 fully saturated rings. The minimum absolute atomic E-state index is 0.0182. The number of hydrogen-bond donors (Lipinski definition) is 1. The molecular formula is C23H24N2O3. The monoisotopic (exact) mass is 376 g/mol. The van der Waals surface area contributed by atoms with Crippen LogP contribution in [-0.2, 0) is 17.8 Å². The molecule has 1 aliphatic heterocycles. The summed E-state index contributed by atoms with van der Waals surface area (Å²) in [6.07, 6.45) is 4.31. The summed E-state index contributed by atoms with van der Waals surface area (Å²) in [4.78, 5) is 18.1. The molecule has 1 aliphatic rings. The zero-order valence-electron chi connectivity index (χ0n) is 16.2. The molecule has 2 aromatic carbocycles. The van der Waals surface area contributed by atoms with Crippen molar-refractivity contribution in [1.29, 1.82) is 0 Å². The van der Waals surface area contributed by atoms with Gasteiger partial charge < -0.3 is 19.4 Å². The Kier molecular flexibility index (Phi) is 5.06. The number of aromatic nitrogens is 1. The molecular weight excluding hydrogens is 352 g/mol. The predicted octanol–water partition coefficient (Wildman–Crippen LogP) is 4.17. The van der Waals surface area contributed by atoms with Crippen LogP contribution in [-0.4, -0.2) is 36.1 Å². The molecule has 0 saturated carbocycles. The number of H-pyrrole nitrogens is 1. The lowest BCUT2D eigenvalue weighted by atomic mass is 10.0. The maximum Gasteiger partial charge on any atom is 0.246 e. The van der Waals surface area contributed by atoms with Gasteiger partial charge in [0.15, 0.2) is 11.5 Å². The van der Waals surface area contributed by atoms with Crippen molar-refractivity contribution in [2.24, 2.45) is 0 Å². The van der Waals surface area contributed by atoms with E-state index in [1.807, 2.05) is 48.2 Å². The summed E-state index contributed by atoms with van der Waals surface area (Å²) < 4.78 is 10.9. The van der Waals surface area contributed by atoms with Gasteiger partial charge >= 0.3 is 0 Å². The molecule has 4 rings (SSSR count). The molecule has 5 nitrogen and oxygen atoms in total. The Bertz CT molecular complexity index is 1040. The van der Waals surface area contributed by atoms with Crippen molar-refractivity contribution in [1.82, 2.24) is 9.88 Å². The van der Waals surface area contributed by atoms with E-state index in [4.69, 9.17) is 9.47 Å². The number of rotatable bonds is 5. The number of carbonyl (C=O) groups excluding carboxylic acids is 1. The third kappa shape index (κ3) is 3.48. The lowest BCUT2D eigenvalue weighted by molar-refractivity contribution is -0.126. The Morgan fingerprint density at radius 2 is 2.07 bits per heavy atom. The molecule has 1 amide bonds. The second-order valence-electron chi connectivity index (χ2n) is 6.81. The first-order chi connectivity index (χ1) is 13.7. The highest BCUT2D eigenvalue weighted by Crippen LogP contribution is 2.29. The number of benzene rings is 2. The number of carbonyl (C=O) groups is 1. The molecule has 0 bridgehead atoms. The van der Waals surface area contributed by atoms with E-state index >= 15 is 0 Å². The molecule has 0 atom stereocenters. The van der Waals surface area contributed by atoms with Gasteiger partial charge in [0, 0.05) is 47.7 Å². The third-order valence-corrected chi connectivity index (χ3v) is 5.10. The lowest BCUT2D eigenvalue weighted by Gasteiger charge is -2.26. The van der Waals surface area contributed by atoms with E-state index in [-0.39, 0.29) is 5.91 Å². The average Bonchev–Trinajstić information content (AvgIpc) is 3.10. The number of amides is 1. The van der Waals surface area contributed by atoms with Gasteiger partial charge in [0.05, 0.1) is 13.7 Å². The Labute approximate surface area is 164 Å². The fraction of sp³-hybridized carbons (Fsp3) is 0.261. The first kappa shape index (κ1) is 18.2. The van der Waals surface area contributed by atoms with E-state index in [1.54, 1.807) is 13.2 Å². The van der Waals surface area contributed by atoms with Crippen molar-refractivity contribution in [3.8, 4) is 11.5 Å². The van der Waals surface area contributed by atoms with Crippen LogP contribution < -0.4 is 9.47 Å². The highest BCUT2D eigenvalue weighted by molar-refractivity contribution is 5.93. The van der Waals surface area contributed by atoms with Crippen LogP contribution >= 0.6 is 0 Å². The van der Waals surface area contributed by atoms with E-state index in [0.29, 0.717) is 24.7 Å². The zero-order chi connectivity index (χ0) is 19.5. The van der Waals surface area contributed by atoms with Crippen LogP contribution in [0.1, 0.15) is 23.7 Å². The quantitative estimate of drug-likeness (QED) is 0.680. The van der Waals surface area contributed by atoms with E-state index in [0.717, 1.165) is 24.0 Å². The van der Waals surface area contributed by atoms with Crippen LogP contribution in [0.5, 0.6) is 11.5 Å². The van der Waals surface area contributed by atoms with E-state index < -0.39 is 0 Å². The van der Waals surface area contributed by atoms with E-state index in [1.165, 1.54) is 16.6 Å². The second kappa shape index (κ2) is 7.80. The number of aromatic amines is 1. The van der Waals surface area contributed by atoms with E-state index in [2.05, 4.69) is 17.1 Å². The van der Waals surface area contributed by atoms with Crippen molar-refractivity contribution in [3.63, 3.8) is 0 Å². The molecule has 5 heteroatoms. The van der Waals surface area contributed by atoms with Crippen molar-refractivity contribution in [2.45, 2.75) is 19.9 Å². The van der Waals surface area contributed by atoms with Gasteiger partial charge in [0.2, 0.25) is 5.91 Å². The summed E-state index contributed by atoms with van der Waals surface area (Å²) in [7, 11) is 1.62. The number of hydrogen-bond acceptors (Lipinski definition) is 3. The molecule has 28 heavy (non-hydrogen) atoms. The molecule has 3 aromatic rings. The van der Waals surface area contributed by atoms with Crippen molar-refractivity contribution in [3.05, 3.63) is 65.4 Å². The van der Waals surface area contributed by atoms with Crippen molar-refractivity contribution < 1.29 is 14.3 Å². The number of ether oxygens (including phenoxy) is 2. The second-order valence-corrected chi connectivity index (χ2v) is 6.81. The molecule has 0 radical (unpaired) electrons. The standard InChI is InChI=1S/C23H24N2O3/c1-3-28-22-14-16(8-10-21(22)27-2)9-11-23(26)25-13-12-20-18(15-25)17-6-4-5-7-19(17)24-20/h4-11,14,24H,3,12-13,15H2,1-2H3/b11-9+. The van der Waals surface area contributed by atoms with Crippen LogP contribution in [0.25, 0.3) is 17.0 Å². The van der Waals surface area contributed by atoms with Crippen LogP contribution in [0, 0.1) is 0 Å². The highest BCUT2D eigenvalue weighted by Gasteiger charge is 2.22. The first-order valence-electron chi connectivity index (χ1n) is 9.56. The minimum Gasteiger partial charge on any atom is -0.493 e. The summed E-state index contributed by atoms with van der Waals surface area (Å²) >= 11 is 0. The third-order valence-electron chi connectivity index (χ3n) is 5.10. The fourth-order valence-corrected chi connectivity index (χ4v) is 3.69. The molecule has 0 saturated heterocycles. The first-order valence-corrected chi connectivity index (χ1v) is 9.56. The van der Waals surface area contributed by atoms with Gasteiger partial charge in [0.25, 0.3) is 0 Å². The molecule has 0 aliphatic carbocycles. The molecule has 144 valence electrons. The number of nitrogens with zero attached hydrogens (tertiary/aromatic N) is 1. The number of para-hydroxylation sites is 1. The molecule has 1 aromatic heterocycles. The summed E-state index contributed by atoms with van der Waals surface area (Å²) in [6, 6.07) is 13.9. The van der Waals surface area contributed by atoms with Gasteiger partial charge in [-0.3, -0.25) is 4.79 Å². The lowest BCUT2D eigenvalue weighted by Crippen LogP contribution is -2.34. The van der Waals surface area contributed by atoms with Gasteiger partial charge in [-0.05, 0) is 36.8 Å². The number of fused-ring (bicyclic) bond motifs is 3. The molecule has 0 spiro atoms. The van der Waals surface area contributed by atoms with Crippen LogP contribution in [0.15, 0.2) is 48.5 Å². The van der Waals surface area contributed by atoms with Crippen LogP contribution in [0.3, 0.4) is 0 Å². The Hall–Kier alpha value is -3.21. The number of methoxy groups -OCH3 is 1. The average molecular weight is 376 g/mol. The minimum atomic E-state index is 0.0182. The van der Waals surface area contributed by atoms with Gasteiger partial charge in [-0.2, -0.15) is 0 Å². The zero-order valence-corrected chi connectivity index (χ0v) is 16.2. The molecule has 2 heterocycles. The largest absolute Gasteiger partial charge is 0.493 e. The topological polar surface area (TPSA) is 54.6 Å². The number of nitrogens with one attached hydrogen (secondary N) is 1.